The number of amidine groups is 1. The number of hydrogen-bond donors (Lipinski definition) is 3. The van der Waals surface area contributed by atoms with Crippen LogP contribution in [-0.2, 0) is 0 Å². The summed E-state index contributed by atoms with van der Waals surface area (Å²) >= 11 is 1.21. The molecule has 0 saturated heterocycles. The fourth-order valence-electron chi connectivity index (χ4n) is 1.83. The van der Waals surface area contributed by atoms with E-state index in [1.54, 1.807) is 12.1 Å². The van der Waals surface area contributed by atoms with Crippen LogP contribution in [0.15, 0.2) is 52.5 Å². The number of halogens is 1. The highest BCUT2D eigenvalue weighted by molar-refractivity contribution is 7.99. The Morgan fingerprint density at radius 2 is 2.05 bits per heavy atom. The Hall–Kier alpha value is -2.34. The van der Waals surface area contributed by atoms with E-state index in [1.807, 2.05) is 24.3 Å². The molecular weight excluding hydrogens is 275 g/mol. The number of hydrogen-bond acceptors (Lipinski definition) is 3. The second kappa shape index (κ2) is 4.97. The molecule has 2 aromatic carbocycles. The first-order chi connectivity index (χ1) is 9.63. The van der Waals surface area contributed by atoms with E-state index in [4.69, 9.17) is 11.1 Å². The fraction of sp³-hybridized carbons (Fsp3) is 0. The summed E-state index contributed by atoms with van der Waals surface area (Å²) in [6.45, 7) is 0. The minimum atomic E-state index is -0.414. The molecule has 0 aliphatic carbocycles. The fourth-order valence-corrected chi connectivity index (χ4v) is 2.64. The zero-order valence-corrected chi connectivity index (χ0v) is 11.2. The molecule has 0 spiro atoms. The first-order valence-electron chi connectivity index (χ1n) is 5.90. The zero-order chi connectivity index (χ0) is 14.1. The molecule has 0 aliphatic heterocycles. The number of nitrogens with two attached hydrogens (primary N) is 1. The van der Waals surface area contributed by atoms with Crippen LogP contribution >= 0.6 is 11.8 Å². The van der Waals surface area contributed by atoms with Gasteiger partial charge < -0.3 is 10.7 Å². The number of fused-ring (bicyclic) bond motifs is 1. The van der Waals surface area contributed by atoms with Gasteiger partial charge >= 0.3 is 0 Å². The Balaban J connectivity index is 1.92. The molecule has 0 atom stereocenters. The molecule has 1 heterocycles. The normalized spacial score (nSPS) is 10.8. The third kappa shape index (κ3) is 2.37. The van der Waals surface area contributed by atoms with Crippen molar-refractivity contribution in [2.24, 2.45) is 5.73 Å². The summed E-state index contributed by atoms with van der Waals surface area (Å²) < 4.78 is 13.9. The van der Waals surface area contributed by atoms with E-state index in [2.05, 4.69) is 9.97 Å². The van der Waals surface area contributed by atoms with Crippen LogP contribution in [0.1, 0.15) is 5.56 Å². The van der Waals surface area contributed by atoms with Crippen molar-refractivity contribution in [3.63, 3.8) is 0 Å². The molecule has 4 nitrogen and oxygen atoms in total. The van der Waals surface area contributed by atoms with Crippen molar-refractivity contribution in [2.75, 3.05) is 0 Å². The summed E-state index contributed by atoms with van der Waals surface area (Å²) in [5, 5.41) is 7.91. The topological polar surface area (TPSA) is 78.6 Å². The second-order valence-corrected chi connectivity index (χ2v) is 5.25. The summed E-state index contributed by atoms with van der Waals surface area (Å²) in [5.74, 6) is -0.563. The monoisotopic (exact) mass is 286 g/mol. The molecule has 3 rings (SSSR count). The van der Waals surface area contributed by atoms with Crippen LogP contribution in [0.25, 0.3) is 11.0 Å². The van der Waals surface area contributed by atoms with Crippen LogP contribution in [0.5, 0.6) is 0 Å². The maximum absolute atomic E-state index is 13.9. The number of rotatable bonds is 3. The molecule has 1 aromatic heterocycles. The molecule has 6 heteroatoms. The van der Waals surface area contributed by atoms with E-state index in [-0.39, 0.29) is 5.84 Å². The van der Waals surface area contributed by atoms with Gasteiger partial charge in [-0.15, -0.1) is 0 Å². The first kappa shape index (κ1) is 12.7. The molecule has 100 valence electrons. The van der Waals surface area contributed by atoms with Gasteiger partial charge in [-0.2, -0.15) is 0 Å². The lowest BCUT2D eigenvalue weighted by Gasteiger charge is -2.03. The van der Waals surface area contributed by atoms with Crippen molar-refractivity contribution in [3.05, 3.63) is 53.8 Å². The number of H-pyrrole nitrogens is 1. The van der Waals surface area contributed by atoms with Crippen LogP contribution in [0.3, 0.4) is 0 Å². The Bertz CT molecular complexity index is 764. The average molecular weight is 286 g/mol. The van der Waals surface area contributed by atoms with Crippen molar-refractivity contribution in [1.82, 2.24) is 9.97 Å². The largest absolute Gasteiger partial charge is 0.384 e. The molecule has 0 amide bonds. The van der Waals surface area contributed by atoms with Gasteiger partial charge in [-0.25, -0.2) is 9.37 Å². The summed E-state index contributed by atoms with van der Waals surface area (Å²) in [7, 11) is 0. The van der Waals surface area contributed by atoms with Crippen LogP contribution in [0.2, 0.25) is 0 Å². The Morgan fingerprint density at radius 3 is 2.75 bits per heavy atom. The van der Waals surface area contributed by atoms with Gasteiger partial charge in [0.25, 0.3) is 0 Å². The minimum absolute atomic E-state index is 0.149. The van der Waals surface area contributed by atoms with E-state index in [1.165, 1.54) is 17.8 Å². The number of para-hydroxylation sites is 2. The van der Waals surface area contributed by atoms with Crippen molar-refractivity contribution in [1.29, 1.82) is 5.41 Å². The van der Waals surface area contributed by atoms with Gasteiger partial charge in [-0.05, 0) is 42.1 Å². The number of benzene rings is 2. The van der Waals surface area contributed by atoms with Crippen LogP contribution < -0.4 is 5.73 Å². The lowest BCUT2D eigenvalue weighted by atomic mass is 10.2. The van der Waals surface area contributed by atoms with E-state index >= 15 is 0 Å². The lowest BCUT2D eigenvalue weighted by Crippen LogP contribution is -2.11. The van der Waals surface area contributed by atoms with Gasteiger partial charge in [0.15, 0.2) is 5.16 Å². The quantitative estimate of drug-likeness (QED) is 0.511. The number of nitrogens with zero attached hydrogens (tertiary/aromatic N) is 1. The van der Waals surface area contributed by atoms with Gasteiger partial charge in [0.1, 0.15) is 11.7 Å². The Morgan fingerprint density at radius 1 is 1.25 bits per heavy atom. The van der Waals surface area contributed by atoms with Crippen molar-refractivity contribution < 1.29 is 4.39 Å². The number of nitrogens with one attached hydrogen (secondary N) is 2. The molecule has 0 aliphatic rings. The smallest absolute Gasteiger partial charge is 0.171 e. The molecule has 0 bridgehead atoms. The number of aromatic amines is 1. The predicted octanol–water partition coefficient (Wildman–Crippen LogP) is 3.14. The van der Waals surface area contributed by atoms with E-state index in [9.17, 15) is 4.39 Å². The molecular formula is C14H11FN4S. The summed E-state index contributed by atoms with van der Waals surface area (Å²) in [6.07, 6.45) is 0. The predicted molar refractivity (Wildman–Crippen MR) is 77.6 cm³/mol. The van der Waals surface area contributed by atoms with Crippen LogP contribution in [0, 0.1) is 11.2 Å². The summed E-state index contributed by atoms with van der Waals surface area (Å²) in [4.78, 5) is 7.95. The third-order valence-corrected chi connectivity index (χ3v) is 3.75. The van der Waals surface area contributed by atoms with E-state index in [0.717, 1.165) is 11.0 Å². The van der Waals surface area contributed by atoms with Gasteiger partial charge in [0.2, 0.25) is 0 Å². The summed E-state index contributed by atoms with van der Waals surface area (Å²) in [5.41, 5.74) is 7.46. The standard InChI is InChI=1S/C14H11FN4S/c15-9-7-8(13(16)17)5-6-12(9)20-14-18-10-3-1-2-4-11(10)19-14/h1-7H,(H3,16,17)(H,18,19). The van der Waals surface area contributed by atoms with Gasteiger partial charge in [-0.1, -0.05) is 12.1 Å². The summed E-state index contributed by atoms with van der Waals surface area (Å²) in [6, 6.07) is 12.1. The minimum Gasteiger partial charge on any atom is -0.384 e. The Kier molecular flexibility index (Phi) is 3.15. The second-order valence-electron chi connectivity index (χ2n) is 4.22. The highest BCUT2D eigenvalue weighted by atomic mass is 32.2. The first-order valence-corrected chi connectivity index (χ1v) is 6.71. The van der Waals surface area contributed by atoms with Crippen molar-refractivity contribution >= 4 is 28.6 Å². The van der Waals surface area contributed by atoms with Gasteiger partial charge in [0.05, 0.1) is 15.9 Å². The van der Waals surface area contributed by atoms with E-state index < -0.39 is 5.82 Å². The van der Waals surface area contributed by atoms with Crippen LogP contribution in [0.4, 0.5) is 4.39 Å². The molecule has 3 aromatic rings. The van der Waals surface area contributed by atoms with Crippen molar-refractivity contribution in [3.8, 4) is 0 Å². The number of imidazole rings is 1. The lowest BCUT2D eigenvalue weighted by molar-refractivity contribution is 0.601. The van der Waals surface area contributed by atoms with Crippen LogP contribution in [-0.4, -0.2) is 15.8 Å². The van der Waals surface area contributed by atoms with Crippen molar-refractivity contribution in [2.45, 2.75) is 10.1 Å². The van der Waals surface area contributed by atoms with E-state index in [0.29, 0.717) is 15.6 Å². The Labute approximate surface area is 118 Å². The van der Waals surface area contributed by atoms with Gasteiger partial charge in [0, 0.05) is 5.56 Å². The molecule has 0 unspecified atom stereocenters. The van der Waals surface area contributed by atoms with Gasteiger partial charge in [-0.3, -0.25) is 5.41 Å². The average Bonchev–Trinajstić information content (AvgIpc) is 2.83. The number of aromatic nitrogens is 2. The zero-order valence-electron chi connectivity index (χ0n) is 10.4. The molecule has 20 heavy (non-hydrogen) atoms. The third-order valence-electron chi connectivity index (χ3n) is 2.82. The molecule has 0 fully saturated rings. The maximum Gasteiger partial charge on any atom is 0.171 e. The highest BCUT2D eigenvalue weighted by Gasteiger charge is 2.09. The number of nitrogen functional groups attached to an aromatic ring is 1. The highest BCUT2D eigenvalue weighted by Crippen LogP contribution is 2.29. The molecule has 4 N–H and O–H groups in total. The SMILES string of the molecule is N=C(N)c1ccc(Sc2nc3ccccc3[nH]2)c(F)c1. The molecule has 0 saturated carbocycles. The molecule has 0 radical (unpaired) electrons. The maximum atomic E-state index is 13.9.